The normalized spacial score (nSPS) is 29.9. The molecule has 0 aromatic heterocycles. The Morgan fingerprint density at radius 1 is 1.10 bits per heavy atom. The fraction of sp³-hybridized carbons (Fsp3) is 0.600. The average molecular weight is 314 g/mol. The van der Waals surface area contributed by atoms with E-state index in [-0.39, 0.29) is 0 Å². The maximum absolute atomic E-state index is 11.4. The van der Waals surface area contributed by atoms with E-state index >= 15 is 0 Å². The fourth-order valence-corrected chi connectivity index (χ4v) is 4.87. The van der Waals surface area contributed by atoms with Gasteiger partial charge >= 0.3 is 0 Å². The van der Waals surface area contributed by atoms with Crippen LogP contribution in [0.3, 0.4) is 0 Å². The molecule has 1 heterocycles. The first kappa shape index (κ1) is 14.4. The van der Waals surface area contributed by atoms with Crippen LogP contribution in [-0.2, 0) is 9.84 Å². The molecule has 2 aliphatic rings. The minimum Gasteiger partial charge on any atom is -0.311 e. The summed E-state index contributed by atoms with van der Waals surface area (Å²) >= 11 is 6.02. The highest BCUT2D eigenvalue weighted by Crippen LogP contribution is 2.38. The van der Waals surface area contributed by atoms with Gasteiger partial charge in [-0.15, -0.1) is 0 Å². The van der Waals surface area contributed by atoms with Crippen molar-refractivity contribution in [2.24, 2.45) is 0 Å². The number of nitrogens with one attached hydrogen (secondary N) is 1. The van der Waals surface area contributed by atoms with Gasteiger partial charge in [-0.25, -0.2) is 8.42 Å². The van der Waals surface area contributed by atoms with Gasteiger partial charge < -0.3 is 5.32 Å². The van der Waals surface area contributed by atoms with E-state index in [2.05, 4.69) is 17.4 Å². The number of hydrogen-bond donors (Lipinski definition) is 1. The van der Waals surface area contributed by atoms with Gasteiger partial charge in [0.2, 0.25) is 0 Å². The Hall–Kier alpha value is -0.580. The van der Waals surface area contributed by atoms with E-state index in [1.807, 2.05) is 12.1 Å². The lowest BCUT2D eigenvalue weighted by molar-refractivity contribution is 0.257. The van der Waals surface area contributed by atoms with Gasteiger partial charge in [0.15, 0.2) is 0 Å². The molecule has 5 heteroatoms. The summed E-state index contributed by atoms with van der Waals surface area (Å²) in [5, 5.41) is 4.41. The van der Waals surface area contributed by atoms with Crippen LogP contribution in [0.5, 0.6) is 0 Å². The molecular weight excluding hydrogens is 294 g/mol. The van der Waals surface area contributed by atoms with Crippen molar-refractivity contribution in [1.82, 2.24) is 5.32 Å². The van der Waals surface area contributed by atoms with Gasteiger partial charge in [-0.1, -0.05) is 23.7 Å². The van der Waals surface area contributed by atoms with E-state index < -0.39 is 9.84 Å². The van der Waals surface area contributed by atoms with Gasteiger partial charge in [0, 0.05) is 17.1 Å². The van der Waals surface area contributed by atoms with Crippen molar-refractivity contribution in [3.63, 3.8) is 0 Å². The molecule has 1 N–H and O–H groups in total. The molecular formula is C15H20ClNO2S. The SMILES string of the molecule is O=S1(=O)CCC(NC2CC(c3cccc(Cl)c3)C2)CC1. The van der Waals surface area contributed by atoms with E-state index in [1.165, 1.54) is 5.56 Å². The summed E-state index contributed by atoms with van der Waals surface area (Å²) in [6, 6.07) is 9.01. The van der Waals surface area contributed by atoms with Crippen molar-refractivity contribution >= 4 is 21.4 Å². The predicted octanol–water partition coefficient (Wildman–Crippen LogP) is 2.75. The molecule has 3 rings (SSSR count). The van der Waals surface area contributed by atoms with Gasteiger partial charge in [-0.05, 0) is 49.3 Å². The third-order valence-corrected chi connectivity index (χ3v) is 6.43. The molecule has 1 aliphatic carbocycles. The largest absolute Gasteiger partial charge is 0.311 e. The second kappa shape index (κ2) is 5.66. The maximum Gasteiger partial charge on any atom is 0.150 e. The Labute approximate surface area is 125 Å². The first-order valence-electron chi connectivity index (χ1n) is 7.24. The van der Waals surface area contributed by atoms with Crippen LogP contribution in [0.15, 0.2) is 24.3 Å². The summed E-state index contributed by atoms with van der Waals surface area (Å²) < 4.78 is 22.8. The summed E-state index contributed by atoms with van der Waals surface area (Å²) in [7, 11) is -2.75. The van der Waals surface area contributed by atoms with Gasteiger partial charge in [-0.2, -0.15) is 0 Å². The van der Waals surface area contributed by atoms with Crippen LogP contribution in [-0.4, -0.2) is 32.0 Å². The predicted molar refractivity (Wildman–Crippen MR) is 82.0 cm³/mol. The zero-order valence-corrected chi connectivity index (χ0v) is 13.0. The highest BCUT2D eigenvalue weighted by Gasteiger charge is 2.33. The Balaban J connectivity index is 1.47. The lowest BCUT2D eigenvalue weighted by Gasteiger charge is -2.39. The zero-order valence-electron chi connectivity index (χ0n) is 11.4. The minimum atomic E-state index is -2.75. The number of benzene rings is 1. The Kier molecular flexibility index (Phi) is 4.07. The van der Waals surface area contributed by atoms with Crippen molar-refractivity contribution < 1.29 is 8.42 Å². The summed E-state index contributed by atoms with van der Waals surface area (Å²) in [6.45, 7) is 0. The standard InChI is InChI=1S/C15H20ClNO2S/c16-13-3-1-2-11(8-13)12-9-15(10-12)17-14-4-6-20(18,19)7-5-14/h1-3,8,12,14-15,17H,4-7,9-10H2. The van der Waals surface area contributed by atoms with Crippen molar-refractivity contribution in [2.45, 2.75) is 43.7 Å². The molecule has 1 saturated carbocycles. The average Bonchev–Trinajstić information content (AvgIpc) is 2.35. The number of sulfone groups is 1. The summed E-state index contributed by atoms with van der Waals surface area (Å²) in [5.74, 6) is 1.28. The number of hydrogen-bond acceptors (Lipinski definition) is 3. The molecule has 1 aromatic rings. The van der Waals surface area contributed by atoms with E-state index in [0.717, 1.165) is 30.7 Å². The summed E-state index contributed by atoms with van der Waals surface area (Å²) in [6.07, 6.45) is 3.79. The van der Waals surface area contributed by atoms with Crippen molar-refractivity contribution in [2.75, 3.05) is 11.5 Å². The van der Waals surface area contributed by atoms with Gasteiger partial charge in [0.1, 0.15) is 9.84 Å². The van der Waals surface area contributed by atoms with Crippen LogP contribution >= 0.6 is 11.6 Å². The van der Waals surface area contributed by atoms with E-state index in [1.54, 1.807) is 0 Å². The molecule has 2 fully saturated rings. The van der Waals surface area contributed by atoms with E-state index in [4.69, 9.17) is 11.6 Å². The molecule has 0 atom stereocenters. The third-order valence-electron chi connectivity index (χ3n) is 4.48. The minimum absolute atomic E-state index is 0.342. The maximum atomic E-state index is 11.4. The second-order valence-corrected chi connectivity index (χ2v) is 8.75. The molecule has 0 bridgehead atoms. The van der Waals surface area contributed by atoms with Crippen LogP contribution < -0.4 is 5.32 Å². The van der Waals surface area contributed by atoms with Gasteiger partial charge in [0.25, 0.3) is 0 Å². The van der Waals surface area contributed by atoms with Crippen LogP contribution in [0.2, 0.25) is 5.02 Å². The molecule has 1 aliphatic heterocycles. The Bertz CT molecular complexity index is 567. The highest BCUT2D eigenvalue weighted by atomic mass is 35.5. The molecule has 20 heavy (non-hydrogen) atoms. The summed E-state index contributed by atoms with van der Waals surface area (Å²) in [4.78, 5) is 0. The van der Waals surface area contributed by atoms with Crippen LogP contribution in [0.25, 0.3) is 0 Å². The molecule has 0 unspecified atom stereocenters. The lowest BCUT2D eigenvalue weighted by Crippen LogP contribution is -2.48. The first-order valence-corrected chi connectivity index (χ1v) is 9.44. The number of halogens is 1. The smallest absolute Gasteiger partial charge is 0.150 e. The molecule has 110 valence electrons. The molecule has 1 aromatic carbocycles. The van der Waals surface area contributed by atoms with E-state index in [9.17, 15) is 8.42 Å². The Morgan fingerprint density at radius 3 is 2.45 bits per heavy atom. The highest BCUT2D eigenvalue weighted by molar-refractivity contribution is 7.91. The second-order valence-electron chi connectivity index (χ2n) is 6.01. The lowest BCUT2D eigenvalue weighted by atomic mass is 9.75. The molecule has 0 amide bonds. The molecule has 0 radical (unpaired) electrons. The van der Waals surface area contributed by atoms with Crippen LogP contribution in [0.1, 0.15) is 37.2 Å². The zero-order chi connectivity index (χ0) is 14.2. The van der Waals surface area contributed by atoms with Crippen molar-refractivity contribution in [3.05, 3.63) is 34.9 Å². The van der Waals surface area contributed by atoms with Gasteiger partial charge in [-0.3, -0.25) is 0 Å². The van der Waals surface area contributed by atoms with Crippen LogP contribution in [0.4, 0.5) is 0 Å². The van der Waals surface area contributed by atoms with Crippen molar-refractivity contribution in [3.8, 4) is 0 Å². The molecule has 1 saturated heterocycles. The topological polar surface area (TPSA) is 46.2 Å². The van der Waals surface area contributed by atoms with Gasteiger partial charge in [0.05, 0.1) is 11.5 Å². The van der Waals surface area contributed by atoms with Crippen LogP contribution in [0, 0.1) is 0 Å². The van der Waals surface area contributed by atoms with E-state index in [0.29, 0.717) is 29.5 Å². The molecule has 0 spiro atoms. The van der Waals surface area contributed by atoms with Crippen molar-refractivity contribution in [1.29, 1.82) is 0 Å². The summed E-state index contributed by atoms with van der Waals surface area (Å²) in [5.41, 5.74) is 1.32. The quantitative estimate of drug-likeness (QED) is 0.933. The number of rotatable bonds is 3. The first-order chi connectivity index (χ1) is 9.52. The third kappa shape index (κ3) is 3.35. The molecule has 3 nitrogen and oxygen atoms in total. The fourth-order valence-electron chi connectivity index (χ4n) is 3.18. The monoisotopic (exact) mass is 313 g/mol. The Morgan fingerprint density at radius 2 is 1.80 bits per heavy atom.